The summed E-state index contributed by atoms with van der Waals surface area (Å²) in [6.07, 6.45) is 2.65. The Hall–Kier alpha value is -1.39. The highest BCUT2D eigenvalue weighted by Crippen LogP contribution is 2.25. The van der Waals surface area contributed by atoms with Gasteiger partial charge in [0.1, 0.15) is 0 Å². The topological polar surface area (TPSA) is 64.4 Å². The lowest BCUT2D eigenvalue weighted by Gasteiger charge is -2.29. The molecule has 4 heteroatoms. The van der Waals surface area contributed by atoms with Gasteiger partial charge >= 0.3 is 0 Å². The summed E-state index contributed by atoms with van der Waals surface area (Å²) < 4.78 is 5.36. The zero-order valence-electron chi connectivity index (χ0n) is 14.5. The first-order chi connectivity index (χ1) is 11.0. The van der Waals surface area contributed by atoms with Crippen LogP contribution in [0.1, 0.15) is 50.3 Å². The lowest BCUT2D eigenvalue weighted by atomic mass is 9.90. The van der Waals surface area contributed by atoms with E-state index in [0.717, 1.165) is 19.3 Å². The number of hydrogen-bond donors (Lipinski definition) is 2. The fraction of sp³-hybridized carbons (Fsp3) is 0.632. The van der Waals surface area contributed by atoms with Crippen LogP contribution in [0.5, 0.6) is 0 Å². The lowest BCUT2D eigenvalue weighted by Crippen LogP contribution is -2.48. The number of nitrogens with two attached hydrogens (primary N) is 1. The Balaban J connectivity index is 2.07. The van der Waals surface area contributed by atoms with Gasteiger partial charge in [0, 0.05) is 13.2 Å². The number of aryl methyl sites for hydroxylation is 1. The lowest BCUT2D eigenvalue weighted by molar-refractivity contribution is -0.125. The van der Waals surface area contributed by atoms with E-state index in [1.54, 1.807) is 0 Å². The van der Waals surface area contributed by atoms with Crippen LogP contribution >= 0.6 is 0 Å². The minimum Gasteiger partial charge on any atom is -0.381 e. The van der Waals surface area contributed by atoms with Crippen LogP contribution in [0.2, 0.25) is 0 Å². The van der Waals surface area contributed by atoms with Crippen LogP contribution in [0.4, 0.5) is 0 Å². The summed E-state index contributed by atoms with van der Waals surface area (Å²) in [5.41, 5.74) is 8.61. The van der Waals surface area contributed by atoms with Crippen LogP contribution in [-0.2, 0) is 9.53 Å². The minimum atomic E-state index is -0.447. The summed E-state index contributed by atoms with van der Waals surface area (Å²) in [6.45, 7) is 7.86. The molecular formula is C19H30N2O2. The molecular weight excluding hydrogens is 288 g/mol. The molecule has 1 amide bonds. The number of carbonyl (C=O) groups is 1. The predicted octanol–water partition coefficient (Wildman–Crippen LogP) is 2.95. The third-order valence-corrected chi connectivity index (χ3v) is 4.66. The molecule has 0 aromatic heterocycles. The van der Waals surface area contributed by atoms with Gasteiger partial charge in [0.15, 0.2) is 0 Å². The Morgan fingerprint density at radius 1 is 1.30 bits per heavy atom. The molecule has 23 heavy (non-hydrogen) atoms. The summed E-state index contributed by atoms with van der Waals surface area (Å²) in [6, 6.07) is 7.82. The molecule has 4 nitrogen and oxygen atoms in total. The first-order valence-electron chi connectivity index (χ1n) is 8.68. The molecule has 0 saturated carbocycles. The number of hydrogen-bond acceptors (Lipinski definition) is 3. The van der Waals surface area contributed by atoms with Gasteiger partial charge in [-0.25, -0.2) is 0 Å². The highest BCUT2D eigenvalue weighted by Gasteiger charge is 2.28. The zero-order chi connectivity index (χ0) is 16.8. The number of amides is 1. The first-order valence-corrected chi connectivity index (χ1v) is 8.68. The van der Waals surface area contributed by atoms with E-state index in [1.165, 1.54) is 11.1 Å². The van der Waals surface area contributed by atoms with Crippen molar-refractivity contribution < 1.29 is 9.53 Å². The first kappa shape index (κ1) is 18.0. The molecule has 0 spiro atoms. The van der Waals surface area contributed by atoms with Gasteiger partial charge in [-0.2, -0.15) is 0 Å². The van der Waals surface area contributed by atoms with Crippen LogP contribution in [-0.4, -0.2) is 25.2 Å². The molecule has 0 bridgehead atoms. The molecule has 1 fully saturated rings. The molecule has 1 aliphatic heterocycles. The van der Waals surface area contributed by atoms with E-state index in [9.17, 15) is 4.79 Å². The maximum Gasteiger partial charge on any atom is 0.237 e. The Labute approximate surface area is 139 Å². The Morgan fingerprint density at radius 3 is 2.57 bits per heavy atom. The number of ether oxygens (including phenoxy) is 1. The third-order valence-electron chi connectivity index (χ3n) is 4.66. The van der Waals surface area contributed by atoms with E-state index in [-0.39, 0.29) is 17.9 Å². The molecule has 128 valence electrons. The SMILES string of the molecule is Cc1ccccc1C(CC(C)C)NC(=O)C(N)C1CCOCC1. The van der Waals surface area contributed by atoms with Crippen molar-refractivity contribution in [3.63, 3.8) is 0 Å². The van der Waals surface area contributed by atoms with Crippen LogP contribution in [0.25, 0.3) is 0 Å². The molecule has 1 aliphatic rings. The summed E-state index contributed by atoms with van der Waals surface area (Å²) >= 11 is 0. The van der Waals surface area contributed by atoms with Gasteiger partial charge in [0.25, 0.3) is 0 Å². The number of rotatable bonds is 6. The molecule has 2 atom stereocenters. The van der Waals surface area contributed by atoms with Crippen molar-refractivity contribution in [1.82, 2.24) is 5.32 Å². The second-order valence-electron chi connectivity index (χ2n) is 7.02. The van der Waals surface area contributed by atoms with Crippen molar-refractivity contribution in [1.29, 1.82) is 0 Å². The maximum absolute atomic E-state index is 12.6. The van der Waals surface area contributed by atoms with Gasteiger partial charge < -0.3 is 15.8 Å². The van der Waals surface area contributed by atoms with Gasteiger partial charge in [-0.3, -0.25) is 4.79 Å². The van der Waals surface area contributed by atoms with E-state index < -0.39 is 6.04 Å². The Morgan fingerprint density at radius 2 is 1.96 bits per heavy atom. The molecule has 1 aromatic carbocycles. The molecule has 2 unspecified atom stereocenters. The number of carbonyl (C=O) groups excluding carboxylic acids is 1. The summed E-state index contributed by atoms with van der Waals surface area (Å²) in [5.74, 6) is 0.685. The van der Waals surface area contributed by atoms with E-state index in [1.807, 2.05) is 12.1 Å². The van der Waals surface area contributed by atoms with Gasteiger partial charge in [0.2, 0.25) is 5.91 Å². The van der Waals surface area contributed by atoms with Gasteiger partial charge in [-0.1, -0.05) is 38.1 Å². The van der Waals surface area contributed by atoms with E-state index >= 15 is 0 Å². The van der Waals surface area contributed by atoms with Crippen molar-refractivity contribution in [3.8, 4) is 0 Å². The van der Waals surface area contributed by atoms with Gasteiger partial charge in [-0.15, -0.1) is 0 Å². The van der Waals surface area contributed by atoms with Crippen molar-refractivity contribution in [2.75, 3.05) is 13.2 Å². The second kappa shape index (κ2) is 8.46. The number of nitrogens with one attached hydrogen (secondary N) is 1. The average Bonchev–Trinajstić information content (AvgIpc) is 2.54. The summed E-state index contributed by atoms with van der Waals surface area (Å²) in [5, 5.41) is 3.20. The molecule has 3 N–H and O–H groups in total. The van der Waals surface area contributed by atoms with Crippen LogP contribution in [0, 0.1) is 18.8 Å². The van der Waals surface area contributed by atoms with Gasteiger partial charge in [0.05, 0.1) is 12.1 Å². The van der Waals surface area contributed by atoms with Crippen molar-refractivity contribution in [2.45, 2.75) is 52.1 Å². The predicted molar refractivity (Wildman–Crippen MR) is 93.0 cm³/mol. The maximum atomic E-state index is 12.6. The molecule has 2 rings (SSSR count). The quantitative estimate of drug-likeness (QED) is 0.847. The fourth-order valence-electron chi connectivity index (χ4n) is 3.27. The normalized spacial score (nSPS) is 18.7. The van der Waals surface area contributed by atoms with Crippen LogP contribution in [0.15, 0.2) is 24.3 Å². The second-order valence-corrected chi connectivity index (χ2v) is 7.02. The summed E-state index contributed by atoms with van der Waals surface area (Å²) in [4.78, 5) is 12.6. The Bertz CT molecular complexity index is 510. The molecule has 1 aromatic rings. The molecule has 1 heterocycles. The highest BCUT2D eigenvalue weighted by atomic mass is 16.5. The fourth-order valence-corrected chi connectivity index (χ4v) is 3.27. The Kier molecular flexibility index (Phi) is 6.60. The highest BCUT2D eigenvalue weighted by molar-refractivity contribution is 5.82. The zero-order valence-corrected chi connectivity index (χ0v) is 14.5. The third kappa shape index (κ3) is 5.05. The summed E-state index contributed by atoms with van der Waals surface area (Å²) in [7, 11) is 0. The largest absolute Gasteiger partial charge is 0.381 e. The smallest absolute Gasteiger partial charge is 0.237 e. The van der Waals surface area contributed by atoms with Crippen molar-refractivity contribution in [2.24, 2.45) is 17.6 Å². The number of benzene rings is 1. The minimum absolute atomic E-state index is 0.0228. The molecule has 0 radical (unpaired) electrons. The van der Waals surface area contributed by atoms with Crippen molar-refractivity contribution in [3.05, 3.63) is 35.4 Å². The van der Waals surface area contributed by atoms with E-state index in [4.69, 9.17) is 10.5 Å². The standard InChI is InChI=1S/C19H30N2O2/c1-13(2)12-17(16-7-5-4-6-14(16)3)21-19(22)18(20)15-8-10-23-11-9-15/h4-7,13,15,17-18H,8-12,20H2,1-3H3,(H,21,22). The van der Waals surface area contributed by atoms with E-state index in [2.05, 4.69) is 38.2 Å². The van der Waals surface area contributed by atoms with Crippen LogP contribution < -0.4 is 11.1 Å². The molecule has 1 saturated heterocycles. The van der Waals surface area contributed by atoms with E-state index in [0.29, 0.717) is 19.1 Å². The monoisotopic (exact) mass is 318 g/mol. The van der Waals surface area contributed by atoms with Gasteiger partial charge in [-0.05, 0) is 49.1 Å². The average molecular weight is 318 g/mol. The molecule has 0 aliphatic carbocycles. The van der Waals surface area contributed by atoms with Crippen molar-refractivity contribution >= 4 is 5.91 Å². The van der Waals surface area contributed by atoms with Crippen LogP contribution in [0.3, 0.4) is 0 Å².